The van der Waals surface area contributed by atoms with Crippen LogP contribution in [0.4, 0.5) is 0 Å². The zero-order valence-corrected chi connectivity index (χ0v) is 17.4. The lowest BCUT2D eigenvalue weighted by atomic mass is 9.78. The Kier molecular flexibility index (Phi) is 6.24. The van der Waals surface area contributed by atoms with Crippen molar-refractivity contribution in [1.82, 2.24) is 10.2 Å². The van der Waals surface area contributed by atoms with E-state index in [1.807, 2.05) is 24.3 Å². The maximum atomic E-state index is 12.9. The van der Waals surface area contributed by atoms with E-state index < -0.39 is 0 Å². The highest BCUT2D eigenvalue weighted by Gasteiger charge is 2.36. The van der Waals surface area contributed by atoms with E-state index in [0.29, 0.717) is 0 Å². The van der Waals surface area contributed by atoms with Crippen LogP contribution < -0.4 is 10.1 Å². The van der Waals surface area contributed by atoms with Crippen LogP contribution in [-0.2, 0) is 16.8 Å². The summed E-state index contributed by atoms with van der Waals surface area (Å²) in [6, 6.07) is 12.3. The standard InChI is InChI=1S/C24H32N2O3/c1-28-21-8-6-20(7-9-21)24(12-2-3-13-24)18-25-23(27)19-10-14-26(15-11-19)17-22-5-4-16-29-22/h4-9,16,19H,2-3,10-15,17-18H2,1H3,(H,25,27). The number of hydrogen-bond acceptors (Lipinski definition) is 4. The van der Waals surface area contributed by atoms with Crippen LogP contribution in [0.2, 0.25) is 0 Å². The first-order chi connectivity index (χ1) is 14.2. The van der Waals surface area contributed by atoms with Crippen molar-refractivity contribution in [3.05, 3.63) is 54.0 Å². The van der Waals surface area contributed by atoms with Gasteiger partial charge in [0.25, 0.3) is 0 Å². The molecule has 0 radical (unpaired) electrons. The third-order valence-corrected chi connectivity index (χ3v) is 6.78. The minimum Gasteiger partial charge on any atom is -0.497 e. The van der Waals surface area contributed by atoms with Gasteiger partial charge in [-0.15, -0.1) is 0 Å². The van der Waals surface area contributed by atoms with Crippen LogP contribution >= 0.6 is 0 Å². The molecule has 2 aliphatic rings. The number of furan rings is 1. The van der Waals surface area contributed by atoms with Gasteiger partial charge in [-0.1, -0.05) is 25.0 Å². The second-order valence-electron chi connectivity index (χ2n) is 8.56. The van der Waals surface area contributed by atoms with Crippen molar-refractivity contribution in [1.29, 1.82) is 0 Å². The Morgan fingerprint density at radius 2 is 1.90 bits per heavy atom. The third kappa shape index (κ3) is 4.67. The summed E-state index contributed by atoms with van der Waals surface area (Å²) in [6.07, 6.45) is 8.30. The fourth-order valence-corrected chi connectivity index (χ4v) is 4.94. The summed E-state index contributed by atoms with van der Waals surface area (Å²) < 4.78 is 10.7. The van der Waals surface area contributed by atoms with Gasteiger partial charge < -0.3 is 14.5 Å². The normalized spacial score (nSPS) is 19.9. The number of methoxy groups -OCH3 is 1. The van der Waals surface area contributed by atoms with Crippen molar-refractivity contribution < 1.29 is 13.9 Å². The minimum atomic E-state index is 0.0713. The molecule has 1 aromatic carbocycles. The molecule has 1 saturated heterocycles. The number of ether oxygens (including phenoxy) is 1. The molecule has 4 rings (SSSR count). The predicted octanol–water partition coefficient (Wildman–Crippen LogP) is 4.13. The largest absolute Gasteiger partial charge is 0.497 e. The summed E-state index contributed by atoms with van der Waals surface area (Å²) in [5.74, 6) is 2.22. The second-order valence-corrected chi connectivity index (χ2v) is 8.56. The summed E-state index contributed by atoms with van der Waals surface area (Å²) in [5.41, 5.74) is 1.39. The predicted molar refractivity (Wildman–Crippen MR) is 113 cm³/mol. The molecule has 156 valence electrons. The molecule has 2 aromatic rings. The van der Waals surface area contributed by atoms with Gasteiger partial charge in [-0.2, -0.15) is 0 Å². The molecule has 1 aromatic heterocycles. The molecule has 29 heavy (non-hydrogen) atoms. The van der Waals surface area contributed by atoms with Crippen LogP contribution in [-0.4, -0.2) is 37.6 Å². The smallest absolute Gasteiger partial charge is 0.223 e. The number of amides is 1. The zero-order valence-electron chi connectivity index (χ0n) is 17.4. The molecule has 1 aliphatic heterocycles. The minimum absolute atomic E-state index is 0.0713. The molecule has 2 heterocycles. The number of hydrogen-bond donors (Lipinski definition) is 1. The van der Waals surface area contributed by atoms with Gasteiger partial charge >= 0.3 is 0 Å². The number of piperidine rings is 1. The molecule has 5 nitrogen and oxygen atoms in total. The van der Waals surface area contributed by atoms with Crippen LogP contribution in [0.1, 0.15) is 49.8 Å². The van der Waals surface area contributed by atoms with Gasteiger partial charge in [-0.05, 0) is 68.6 Å². The van der Waals surface area contributed by atoms with Gasteiger partial charge in [0.2, 0.25) is 5.91 Å². The monoisotopic (exact) mass is 396 g/mol. The summed E-state index contributed by atoms with van der Waals surface area (Å²) in [4.78, 5) is 15.3. The molecule has 0 atom stereocenters. The third-order valence-electron chi connectivity index (χ3n) is 6.78. The molecular formula is C24H32N2O3. The van der Waals surface area contributed by atoms with E-state index >= 15 is 0 Å². The van der Waals surface area contributed by atoms with E-state index in [1.54, 1.807) is 13.4 Å². The Morgan fingerprint density at radius 3 is 2.52 bits per heavy atom. The first kappa shape index (κ1) is 20.0. The average molecular weight is 397 g/mol. The highest BCUT2D eigenvalue weighted by atomic mass is 16.5. The zero-order chi connectivity index (χ0) is 20.1. The summed E-state index contributed by atoms with van der Waals surface area (Å²) in [6.45, 7) is 3.47. The number of rotatable bonds is 7. The number of nitrogens with zero attached hydrogens (tertiary/aromatic N) is 1. The van der Waals surface area contributed by atoms with E-state index in [9.17, 15) is 4.79 Å². The van der Waals surface area contributed by atoms with Crippen LogP contribution in [0.15, 0.2) is 47.1 Å². The van der Waals surface area contributed by atoms with Crippen LogP contribution in [0, 0.1) is 5.92 Å². The quantitative estimate of drug-likeness (QED) is 0.765. The lowest BCUT2D eigenvalue weighted by Gasteiger charge is -2.33. The van der Waals surface area contributed by atoms with Crippen molar-refractivity contribution in [2.45, 2.75) is 50.5 Å². The number of benzene rings is 1. The first-order valence-corrected chi connectivity index (χ1v) is 10.9. The molecule has 0 unspecified atom stereocenters. The number of carbonyl (C=O) groups excluding carboxylic acids is 1. The molecule has 1 amide bonds. The summed E-state index contributed by atoms with van der Waals surface area (Å²) in [7, 11) is 1.69. The Morgan fingerprint density at radius 1 is 1.17 bits per heavy atom. The summed E-state index contributed by atoms with van der Waals surface area (Å²) >= 11 is 0. The van der Waals surface area contributed by atoms with Crippen molar-refractivity contribution in [3.63, 3.8) is 0 Å². The lowest BCUT2D eigenvalue weighted by Crippen LogP contribution is -2.44. The molecule has 0 bridgehead atoms. The average Bonchev–Trinajstić information content (AvgIpc) is 3.45. The molecule has 5 heteroatoms. The van der Waals surface area contributed by atoms with Gasteiger partial charge in [0.05, 0.1) is 19.9 Å². The lowest BCUT2D eigenvalue weighted by molar-refractivity contribution is -0.126. The van der Waals surface area contributed by atoms with Crippen LogP contribution in [0.5, 0.6) is 5.75 Å². The second kappa shape index (κ2) is 9.04. The van der Waals surface area contributed by atoms with Crippen LogP contribution in [0.3, 0.4) is 0 Å². The highest BCUT2D eigenvalue weighted by Crippen LogP contribution is 2.41. The highest BCUT2D eigenvalue weighted by molar-refractivity contribution is 5.78. The van der Waals surface area contributed by atoms with Crippen molar-refractivity contribution in [2.24, 2.45) is 5.92 Å². The first-order valence-electron chi connectivity index (χ1n) is 10.9. The molecule has 0 spiro atoms. The molecule has 2 fully saturated rings. The van der Waals surface area contributed by atoms with Crippen LogP contribution in [0.25, 0.3) is 0 Å². The number of likely N-dealkylation sites (tertiary alicyclic amines) is 1. The van der Waals surface area contributed by atoms with Gasteiger partial charge in [-0.25, -0.2) is 0 Å². The SMILES string of the molecule is COc1ccc(C2(CNC(=O)C3CCN(Cc4ccco4)CC3)CCCC2)cc1. The number of nitrogens with one attached hydrogen (secondary N) is 1. The molecule has 1 N–H and O–H groups in total. The Hall–Kier alpha value is -2.27. The Labute approximate surface area is 173 Å². The van der Waals surface area contributed by atoms with Gasteiger partial charge in [0, 0.05) is 17.9 Å². The fourth-order valence-electron chi connectivity index (χ4n) is 4.94. The van der Waals surface area contributed by atoms with Gasteiger partial charge in [0.1, 0.15) is 11.5 Å². The van der Waals surface area contributed by atoms with E-state index in [0.717, 1.165) is 63.4 Å². The van der Waals surface area contributed by atoms with E-state index in [2.05, 4.69) is 22.3 Å². The Bertz CT molecular complexity index is 771. The van der Waals surface area contributed by atoms with Gasteiger partial charge in [0.15, 0.2) is 0 Å². The molecule has 1 aliphatic carbocycles. The molecule has 1 saturated carbocycles. The van der Waals surface area contributed by atoms with Gasteiger partial charge in [-0.3, -0.25) is 9.69 Å². The summed E-state index contributed by atoms with van der Waals surface area (Å²) in [5, 5.41) is 3.32. The van der Waals surface area contributed by atoms with Crippen molar-refractivity contribution in [2.75, 3.05) is 26.7 Å². The van der Waals surface area contributed by atoms with E-state index in [1.165, 1.54) is 18.4 Å². The van der Waals surface area contributed by atoms with E-state index in [-0.39, 0.29) is 17.2 Å². The fraction of sp³-hybridized carbons (Fsp3) is 0.542. The maximum absolute atomic E-state index is 12.9. The maximum Gasteiger partial charge on any atom is 0.223 e. The number of carbonyl (C=O) groups is 1. The van der Waals surface area contributed by atoms with Crippen molar-refractivity contribution in [3.8, 4) is 5.75 Å². The molecular weight excluding hydrogens is 364 g/mol. The van der Waals surface area contributed by atoms with E-state index in [4.69, 9.17) is 9.15 Å². The van der Waals surface area contributed by atoms with Crippen molar-refractivity contribution >= 4 is 5.91 Å². The Balaban J connectivity index is 1.30. The topological polar surface area (TPSA) is 54.7 Å².